The van der Waals surface area contributed by atoms with Crippen LogP contribution in [0.2, 0.25) is 0 Å². The van der Waals surface area contributed by atoms with Crippen molar-refractivity contribution in [2.24, 2.45) is 0 Å². The Balaban J connectivity index is 2.09. The Morgan fingerprint density at radius 3 is 2.57 bits per heavy atom. The second kappa shape index (κ2) is 6.17. The number of carbonyl (C=O) groups excluding carboxylic acids is 1. The molecule has 21 heavy (non-hydrogen) atoms. The van der Waals surface area contributed by atoms with Gasteiger partial charge in [0.05, 0.1) is 18.3 Å². The molecule has 0 aliphatic heterocycles. The summed E-state index contributed by atoms with van der Waals surface area (Å²) in [6.45, 7) is 3.75. The largest absolute Gasteiger partial charge is 0.481 e. The highest BCUT2D eigenvalue weighted by Crippen LogP contribution is 2.19. The quantitative estimate of drug-likeness (QED) is 0.860. The predicted molar refractivity (Wildman–Crippen MR) is 75.9 cm³/mol. The van der Waals surface area contributed by atoms with Gasteiger partial charge in [-0.2, -0.15) is 0 Å². The van der Waals surface area contributed by atoms with Gasteiger partial charge in [-0.25, -0.2) is 4.68 Å². The number of nitrogens with zero attached hydrogens (tertiary/aromatic N) is 3. The standard InChI is InChI=1S/C14H16N4O3/c1-9-4-3-5-10(2)14(9)16-12(19)8-18-11(6-13(20)21)7-15-17-18/h3-5,7H,6,8H2,1-2H3,(H,16,19)(H,20,21). The highest BCUT2D eigenvalue weighted by molar-refractivity contribution is 5.92. The molecule has 0 unspecified atom stereocenters. The third kappa shape index (κ3) is 3.65. The van der Waals surface area contributed by atoms with Crippen molar-refractivity contribution in [3.8, 4) is 0 Å². The van der Waals surface area contributed by atoms with Crippen LogP contribution in [-0.4, -0.2) is 32.0 Å². The molecular weight excluding hydrogens is 272 g/mol. The molecule has 2 N–H and O–H groups in total. The summed E-state index contributed by atoms with van der Waals surface area (Å²) >= 11 is 0. The van der Waals surface area contributed by atoms with Gasteiger partial charge in [0.25, 0.3) is 0 Å². The van der Waals surface area contributed by atoms with Gasteiger partial charge in [-0.15, -0.1) is 5.10 Å². The van der Waals surface area contributed by atoms with E-state index in [1.165, 1.54) is 10.9 Å². The lowest BCUT2D eigenvalue weighted by molar-refractivity contribution is -0.136. The van der Waals surface area contributed by atoms with Crippen LogP contribution < -0.4 is 5.32 Å². The number of hydrogen-bond donors (Lipinski definition) is 2. The molecule has 1 heterocycles. The molecule has 0 aliphatic carbocycles. The molecule has 0 atom stereocenters. The molecule has 0 spiro atoms. The fraction of sp³-hybridized carbons (Fsp3) is 0.286. The zero-order valence-corrected chi connectivity index (χ0v) is 11.8. The van der Waals surface area contributed by atoms with Crippen LogP contribution in [0.25, 0.3) is 0 Å². The summed E-state index contributed by atoms with van der Waals surface area (Å²) < 4.78 is 1.29. The molecule has 2 aromatic rings. The third-order valence-corrected chi connectivity index (χ3v) is 3.07. The molecule has 0 fully saturated rings. The van der Waals surface area contributed by atoms with Gasteiger partial charge in [0.2, 0.25) is 5.91 Å². The number of carbonyl (C=O) groups is 2. The summed E-state index contributed by atoms with van der Waals surface area (Å²) in [5.41, 5.74) is 3.09. The summed E-state index contributed by atoms with van der Waals surface area (Å²) in [6, 6.07) is 5.74. The number of amides is 1. The van der Waals surface area contributed by atoms with Crippen molar-refractivity contribution in [2.75, 3.05) is 5.32 Å². The van der Waals surface area contributed by atoms with E-state index in [0.717, 1.165) is 16.8 Å². The number of aryl methyl sites for hydroxylation is 2. The zero-order valence-electron chi connectivity index (χ0n) is 11.8. The van der Waals surface area contributed by atoms with Crippen LogP contribution in [0.3, 0.4) is 0 Å². The van der Waals surface area contributed by atoms with Gasteiger partial charge in [-0.3, -0.25) is 9.59 Å². The molecule has 0 saturated heterocycles. The lowest BCUT2D eigenvalue weighted by Gasteiger charge is -2.11. The van der Waals surface area contributed by atoms with Crippen LogP contribution in [0.15, 0.2) is 24.4 Å². The van der Waals surface area contributed by atoms with E-state index in [2.05, 4.69) is 15.6 Å². The van der Waals surface area contributed by atoms with E-state index in [0.29, 0.717) is 5.69 Å². The number of rotatable bonds is 5. The first-order valence-electron chi connectivity index (χ1n) is 6.42. The molecule has 0 bridgehead atoms. The monoisotopic (exact) mass is 288 g/mol. The van der Waals surface area contributed by atoms with Crippen LogP contribution in [0.1, 0.15) is 16.8 Å². The number of carboxylic acids is 1. The fourth-order valence-corrected chi connectivity index (χ4v) is 2.03. The van der Waals surface area contributed by atoms with Crippen molar-refractivity contribution in [2.45, 2.75) is 26.8 Å². The van der Waals surface area contributed by atoms with Gasteiger partial charge < -0.3 is 10.4 Å². The maximum atomic E-state index is 12.1. The molecule has 7 heteroatoms. The fourth-order valence-electron chi connectivity index (χ4n) is 2.03. The number of hydrogen-bond acceptors (Lipinski definition) is 4. The Hall–Kier alpha value is -2.70. The average molecular weight is 288 g/mol. The number of nitrogens with one attached hydrogen (secondary N) is 1. The highest BCUT2D eigenvalue weighted by Gasteiger charge is 2.13. The van der Waals surface area contributed by atoms with Crippen LogP contribution >= 0.6 is 0 Å². The molecule has 7 nitrogen and oxygen atoms in total. The smallest absolute Gasteiger partial charge is 0.309 e. The second-order valence-corrected chi connectivity index (χ2v) is 4.77. The number of benzene rings is 1. The van der Waals surface area contributed by atoms with Gasteiger partial charge in [-0.05, 0) is 25.0 Å². The minimum atomic E-state index is -0.992. The van der Waals surface area contributed by atoms with Crippen LogP contribution in [0.5, 0.6) is 0 Å². The van der Waals surface area contributed by atoms with Gasteiger partial charge >= 0.3 is 5.97 Å². The molecule has 1 aromatic carbocycles. The van der Waals surface area contributed by atoms with Crippen LogP contribution in [0.4, 0.5) is 5.69 Å². The number of aromatic nitrogens is 3. The van der Waals surface area contributed by atoms with E-state index < -0.39 is 5.97 Å². The normalized spacial score (nSPS) is 10.4. The topological polar surface area (TPSA) is 97.1 Å². The van der Waals surface area contributed by atoms with Gasteiger partial charge in [0.1, 0.15) is 6.54 Å². The first-order chi connectivity index (χ1) is 9.97. The van der Waals surface area contributed by atoms with Crippen molar-refractivity contribution >= 4 is 17.6 Å². The van der Waals surface area contributed by atoms with Gasteiger partial charge in [-0.1, -0.05) is 23.4 Å². The summed E-state index contributed by atoms with van der Waals surface area (Å²) in [5, 5.41) is 19.0. The third-order valence-electron chi connectivity index (χ3n) is 3.07. The lowest BCUT2D eigenvalue weighted by atomic mass is 10.1. The lowest BCUT2D eigenvalue weighted by Crippen LogP contribution is -2.22. The minimum absolute atomic E-state index is 0.0730. The van der Waals surface area contributed by atoms with Crippen molar-refractivity contribution in [3.05, 3.63) is 41.2 Å². The molecular formula is C14H16N4O3. The summed E-state index contributed by atoms with van der Waals surface area (Å²) in [7, 11) is 0. The molecule has 1 aromatic heterocycles. The predicted octanol–water partition coefficient (Wildman–Crippen LogP) is 1.16. The summed E-state index contributed by atoms with van der Waals surface area (Å²) in [6.07, 6.45) is 1.13. The number of anilines is 1. The molecule has 2 rings (SSSR count). The second-order valence-electron chi connectivity index (χ2n) is 4.77. The average Bonchev–Trinajstić information content (AvgIpc) is 2.80. The van der Waals surface area contributed by atoms with E-state index in [-0.39, 0.29) is 18.9 Å². The minimum Gasteiger partial charge on any atom is -0.481 e. The Kier molecular flexibility index (Phi) is 4.32. The van der Waals surface area contributed by atoms with E-state index in [4.69, 9.17) is 5.11 Å². The molecule has 0 radical (unpaired) electrons. The molecule has 0 saturated carbocycles. The first kappa shape index (κ1) is 14.7. The highest BCUT2D eigenvalue weighted by atomic mass is 16.4. The maximum absolute atomic E-state index is 12.1. The molecule has 110 valence electrons. The Labute approximate surface area is 121 Å². The Morgan fingerprint density at radius 1 is 1.29 bits per heavy atom. The van der Waals surface area contributed by atoms with Crippen molar-refractivity contribution < 1.29 is 14.7 Å². The van der Waals surface area contributed by atoms with Crippen molar-refractivity contribution in [1.29, 1.82) is 0 Å². The number of aliphatic carboxylic acids is 1. The first-order valence-corrected chi connectivity index (χ1v) is 6.42. The van der Waals surface area contributed by atoms with E-state index >= 15 is 0 Å². The van der Waals surface area contributed by atoms with E-state index in [1.54, 1.807) is 0 Å². The van der Waals surface area contributed by atoms with Crippen molar-refractivity contribution in [3.63, 3.8) is 0 Å². The van der Waals surface area contributed by atoms with Gasteiger partial charge in [0.15, 0.2) is 0 Å². The number of para-hydroxylation sites is 1. The number of carboxylic acid groups (broad SMARTS) is 1. The molecule has 0 aliphatic rings. The summed E-state index contributed by atoms with van der Waals surface area (Å²) in [4.78, 5) is 22.8. The Morgan fingerprint density at radius 2 is 1.95 bits per heavy atom. The van der Waals surface area contributed by atoms with Crippen molar-refractivity contribution in [1.82, 2.24) is 15.0 Å². The van der Waals surface area contributed by atoms with Crippen LogP contribution in [-0.2, 0) is 22.6 Å². The maximum Gasteiger partial charge on any atom is 0.309 e. The molecule has 1 amide bonds. The van der Waals surface area contributed by atoms with E-state index in [9.17, 15) is 9.59 Å². The summed E-state index contributed by atoms with van der Waals surface area (Å²) in [5.74, 6) is -1.27. The van der Waals surface area contributed by atoms with Gasteiger partial charge in [0, 0.05) is 5.69 Å². The SMILES string of the molecule is Cc1cccc(C)c1NC(=O)Cn1nncc1CC(=O)O. The zero-order chi connectivity index (χ0) is 15.4. The van der Waals surface area contributed by atoms with Crippen LogP contribution in [0, 0.1) is 13.8 Å². The Bertz CT molecular complexity index is 658. The van der Waals surface area contributed by atoms with E-state index in [1.807, 2.05) is 32.0 Å².